The molecule has 2 amide bonds. The van der Waals surface area contributed by atoms with E-state index in [1.54, 1.807) is 18.9 Å². The highest BCUT2D eigenvalue weighted by Gasteiger charge is 2.40. The maximum Gasteiger partial charge on any atom is 0.327 e. The zero-order valence-electron chi connectivity index (χ0n) is 11.4. The van der Waals surface area contributed by atoms with Crippen molar-refractivity contribution in [3.05, 3.63) is 0 Å². The number of nitrogens with zero attached hydrogens (tertiary/aromatic N) is 1. The van der Waals surface area contributed by atoms with Gasteiger partial charge in [-0.3, -0.25) is 4.90 Å². The lowest BCUT2D eigenvalue weighted by Gasteiger charge is -2.27. The van der Waals surface area contributed by atoms with E-state index in [0.717, 1.165) is 19.3 Å². The molecule has 2 atom stereocenters. The van der Waals surface area contributed by atoms with E-state index in [1.807, 2.05) is 6.92 Å². The van der Waals surface area contributed by atoms with E-state index in [-0.39, 0.29) is 11.4 Å². The van der Waals surface area contributed by atoms with Gasteiger partial charge in [-0.2, -0.15) is 0 Å². The third-order valence-corrected chi connectivity index (χ3v) is 4.30. The van der Waals surface area contributed by atoms with Gasteiger partial charge in [0, 0.05) is 26.0 Å². The van der Waals surface area contributed by atoms with Crippen molar-refractivity contribution in [2.24, 2.45) is 0 Å². The van der Waals surface area contributed by atoms with E-state index in [2.05, 4.69) is 5.32 Å². The van der Waals surface area contributed by atoms with Gasteiger partial charge in [-0.1, -0.05) is 13.3 Å². The number of carbonyl (C=O) groups excluding carboxylic acids is 1. The second-order valence-electron chi connectivity index (χ2n) is 4.42. The standard InChI is InChI=1S/C12H22N2O4S/c1-3-5-10-14(9(8-19-10)11(15)16)12(17)13-6-4-7-18-2/h9-10H,3-8H2,1-2H3,(H,13,17)(H,15,16). The molecule has 0 bridgehead atoms. The minimum atomic E-state index is -0.932. The number of carbonyl (C=O) groups is 2. The molecule has 7 heteroatoms. The number of rotatable bonds is 7. The zero-order chi connectivity index (χ0) is 14.3. The maximum absolute atomic E-state index is 12.1. The molecule has 6 nitrogen and oxygen atoms in total. The number of ether oxygens (including phenoxy) is 1. The Bertz CT molecular complexity index is 314. The summed E-state index contributed by atoms with van der Waals surface area (Å²) in [5, 5.41) is 11.9. The predicted octanol–water partition coefficient (Wildman–Crippen LogP) is 1.36. The molecular weight excluding hydrogens is 268 g/mol. The quantitative estimate of drug-likeness (QED) is 0.692. The fraction of sp³-hybridized carbons (Fsp3) is 0.833. The molecular formula is C12H22N2O4S. The Kier molecular flexibility index (Phi) is 7.01. The van der Waals surface area contributed by atoms with Gasteiger partial charge in [-0.05, 0) is 12.8 Å². The van der Waals surface area contributed by atoms with Gasteiger partial charge in [-0.15, -0.1) is 11.8 Å². The van der Waals surface area contributed by atoms with Gasteiger partial charge in [0.2, 0.25) is 0 Å². The summed E-state index contributed by atoms with van der Waals surface area (Å²) in [7, 11) is 1.61. The molecule has 0 aromatic carbocycles. The van der Waals surface area contributed by atoms with Crippen LogP contribution in [0.4, 0.5) is 4.79 Å². The van der Waals surface area contributed by atoms with Crippen molar-refractivity contribution in [2.75, 3.05) is 26.0 Å². The van der Waals surface area contributed by atoms with Crippen molar-refractivity contribution >= 4 is 23.8 Å². The molecule has 0 spiro atoms. The number of nitrogens with one attached hydrogen (secondary N) is 1. The highest BCUT2D eigenvalue weighted by molar-refractivity contribution is 8.00. The third kappa shape index (κ3) is 4.58. The first-order valence-electron chi connectivity index (χ1n) is 6.51. The van der Waals surface area contributed by atoms with Gasteiger partial charge in [0.1, 0.15) is 6.04 Å². The summed E-state index contributed by atoms with van der Waals surface area (Å²) in [5.74, 6) is -0.468. The Labute approximate surface area is 117 Å². The van der Waals surface area contributed by atoms with Gasteiger partial charge < -0.3 is 15.2 Å². The molecule has 110 valence electrons. The number of carboxylic acid groups (broad SMARTS) is 1. The minimum Gasteiger partial charge on any atom is -0.480 e. The SMILES string of the molecule is CCCC1SCC(C(=O)O)N1C(=O)NCCCOC. The number of thioether (sulfide) groups is 1. The van der Waals surface area contributed by atoms with E-state index in [4.69, 9.17) is 4.74 Å². The second-order valence-corrected chi connectivity index (χ2v) is 5.63. The molecule has 0 aliphatic carbocycles. The number of carboxylic acids is 1. The molecule has 1 heterocycles. The largest absolute Gasteiger partial charge is 0.480 e. The van der Waals surface area contributed by atoms with Crippen LogP contribution in [0.25, 0.3) is 0 Å². The number of hydrogen-bond donors (Lipinski definition) is 2. The van der Waals surface area contributed by atoms with Crippen molar-refractivity contribution in [2.45, 2.75) is 37.6 Å². The molecule has 1 fully saturated rings. The predicted molar refractivity (Wildman–Crippen MR) is 74.3 cm³/mol. The first-order valence-corrected chi connectivity index (χ1v) is 7.56. The molecule has 1 saturated heterocycles. The van der Waals surface area contributed by atoms with Crippen LogP contribution in [0, 0.1) is 0 Å². The van der Waals surface area contributed by atoms with Crippen LogP contribution in [-0.2, 0) is 9.53 Å². The van der Waals surface area contributed by atoms with Crippen LogP contribution >= 0.6 is 11.8 Å². The average Bonchev–Trinajstić information content (AvgIpc) is 2.79. The Morgan fingerprint density at radius 3 is 2.84 bits per heavy atom. The summed E-state index contributed by atoms with van der Waals surface area (Å²) in [6.45, 7) is 3.11. The number of hydrogen-bond acceptors (Lipinski definition) is 4. The molecule has 0 aromatic rings. The molecule has 1 aliphatic rings. The maximum atomic E-state index is 12.1. The normalized spacial score (nSPS) is 22.5. The van der Waals surface area contributed by atoms with Crippen LogP contribution in [0.2, 0.25) is 0 Å². The molecule has 19 heavy (non-hydrogen) atoms. The molecule has 1 rings (SSSR count). The van der Waals surface area contributed by atoms with Crippen molar-refractivity contribution in [3.8, 4) is 0 Å². The fourth-order valence-corrected chi connectivity index (χ4v) is 3.51. The van der Waals surface area contributed by atoms with Gasteiger partial charge >= 0.3 is 12.0 Å². The molecule has 0 saturated carbocycles. The summed E-state index contributed by atoms with van der Waals surface area (Å²) in [6.07, 6.45) is 2.47. The van der Waals surface area contributed by atoms with E-state index in [0.29, 0.717) is 18.9 Å². The first-order chi connectivity index (χ1) is 9.11. The molecule has 1 aliphatic heterocycles. The summed E-state index contributed by atoms with van der Waals surface area (Å²) in [5.41, 5.74) is 0. The van der Waals surface area contributed by atoms with Crippen molar-refractivity contribution in [3.63, 3.8) is 0 Å². The number of amides is 2. The highest BCUT2D eigenvalue weighted by Crippen LogP contribution is 2.32. The lowest BCUT2D eigenvalue weighted by atomic mass is 10.2. The highest BCUT2D eigenvalue weighted by atomic mass is 32.2. The van der Waals surface area contributed by atoms with Crippen LogP contribution in [0.15, 0.2) is 0 Å². The van der Waals surface area contributed by atoms with E-state index in [9.17, 15) is 14.7 Å². The van der Waals surface area contributed by atoms with Crippen LogP contribution in [0.3, 0.4) is 0 Å². The summed E-state index contributed by atoms with van der Waals surface area (Å²) >= 11 is 1.54. The summed E-state index contributed by atoms with van der Waals surface area (Å²) in [6, 6.07) is -1.00. The van der Waals surface area contributed by atoms with Crippen LogP contribution in [-0.4, -0.2) is 59.4 Å². The lowest BCUT2D eigenvalue weighted by molar-refractivity contribution is -0.141. The van der Waals surface area contributed by atoms with Crippen molar-refractivity contribution in [1.82, 2.24) is 10.2 Å². The van der Waals surface area contributed by atoms with Crippen LogP contribution in [0.1, 0.15) is 26.2 Å². The Morgan fingerprint density at radius 2 is 2.26 bits per heavy atom. The Morgan fingerprint density at radius 1 is 1.53 bits per heavy atom. The van der Waals surface area contributed by atoms with E-state index >= 15 is 0 Å². The van der Waals surface area contributed by atoms with Crippen LogP contribution < -0.4 is 5.32 Å². The van der Waals surface area contributed by atoms with Gasteiger partial charge in [-0.25, -0.2) is 9.59 Å². The van der Waals surface area contributed by atoms with E-state index < -0.39 is 12.0 Å². The molecule has 2 unspecified atom stereocenters. The molecule has 0 aromatic heterocycles. The first kappa shape index (κ1) is 16.1. The third-order valence-electron chi connectivity index (χ3n) is 2.95. The fourth-order valence-electron chi connectivity index (χ4n) is 2.00. The number of urea groups is 1. The molecule has 0 radical (unpaired) electrons. The number of aliphatic carboxylic acids is 1. The lowest BCUT2D eigenvalue weighted by Crippen LogP contribution is -2.50. The smallest absolute Gasteiger partial charge is 0.327 e. The van der Waals surface area contributed by atoms with Gasteiger partial charge in [0.15, 0.2) is 0 Å². The zero-order valence-corrected chi connectivity index (χ0v) is 12.2. The Balaban J connectivity index is 2.56. The summed E-state index contributed by atoms with van der Waals surface area (Å²) in [4.78, 5) is 24.8. The average molecular weight is 290 g/mol. The second kappa shape index (κ2) is 8.27. The van der Waals surface area contributed by atoms with Gasteiger partial charge in [0.05, 0.1) is 5.37 Å². The Hall–Kier alpha value is -0.950. The van der Waals surface area contributed by atoms with Crippen molar-refractivity contribution < 1.29 is 19.4 Å². The minimum absolute atomic E-state index is 0.0338. The molecule has 2 N–H and O–H groups in total. The summed E-state index contributed by atoms with van der Waals surface area (Å²) < 4.78 is 4.91. The monoisotopic (exact) mass is 290 g/mol. The number of methoxy groups -OCH3 is 1. The van der Waals surface area contributed by atoms with Crippen molar-refractivity contribution in [1.29, 1.82) is 0 Å². The van der Waals surface area contributed by atoms with E-state index in [1.165, 1.54) is 4.90 Å². The van der Waals surface area contributed by atoms with Crippen LogP contribution in [0.5, 0.6) is 0 Å². The van der Waals surface area contributed by atoms with Gasteiger partial charge in [0.25, 0.3) is 0 Å². The topological polar surface area (TPSA) is 78.9 Å².